The van der Waals surface area contributed by atoms with E-state index in [1.54, 1.807) is 6.07 Å². The third kappa shape index (κ3) is 2.50. The standard InChI is InChI=1S/C13H15FN4O/c1-8-12(10-3-2-9(14)6-16-10)18-13(17-8)11-7-19-5-4-15-11/h2-3,6,11,15H,4-5,7H2,1H3,(H,17,18). The predicted octanol–water partition coefficient (Wildman–Crippen LogP) is 1.58. The summed E-state index contributed by atoms with van der Waals surface area (Å²) in [7, 11) is 0. The minimum Gasteiger partial charge on any atom is -0.378 e. The van der Waals surface area contributed by atoms with E-state index >= 15 is 0 Å². The average Bonchev–Trinajstić information content (AvgIpc) is 2.83. The molecule has 100 valence electrons. The number of H-pyrrole nitrogens is 1. The molecule has 0 amide bonds. The molecule has 1 fully saturated rings. The molecule has 2 N–H and O–H groups in total. The van der Waals surface area contributed by atoms with Crippen LogP contribution in [0.1, 0.15) is 17.6 Å². The van der Waals surface area contributed by atoms with Gasteiger partial charge >= 0.3 is 0 Å². The summed E-state index contributed by atoms with van der Waals surface area (Å²) in [6, 6.07) is 3.09. The Balaban J connectivity index is 1.90. The van der Waals surface area contributed by atoms with E-state index in [-0.39, 0.29) is 11.9 Å². The van der Waals surface area contributed by atoms with Crippen molar-refractivity contribution in [3.63, 3.8) is 0 Å². The van der Waals surface area contributed by atoms with Crippen molar-refractivity contribution in [2.45, 2.75) is 13.0 Å². The molecule has 19 heavy (non-hydrogen) atoms. The van der Waals surface area contributed by atoms with Crippen molar-refractivity contribution < 1.29 is 9.13 Å². The number of imidazole rings is 1. The van der Waals surface area contributed by atoms with Gasteiger partial charge in [0.25, 0.3) is 0 Å². The summed E-state index contributed by atoms with van der Waals surface area (Å²) in [6.07, 6.45) is 1.20. The number of aromatic amines is 1. The lowest BCUT2D eigenvalue weighted by molar-refractivity contribution is 0.0745. The third-order valence-corrected chi connectivity index (χ3v) is 3.12. The van der Waals surface area contributed by atoms with Gasteiger partial charge in [-0.2, -0.15) is 0 Å². The Kier molecular flexibility index (Phi) is 3.27. The molecule has 6 heteroatoms. The summed E-state index contributed by atoms with van der Waals surface area (Å²) < 4.78 is 18.3. The van der Waals surface area contributed by atoms with Crippen LogP contribution in [-0.2, 0) is 4.74 Å². The zero-order valence-corrected chi connectivity index (χ0v) is 10.6. The zero-order chi connectivity index (χ0) is 13.2. The van der Waals surface area contributed by atoms with E-state index in [0.717, 1.165) is 30.4 Å². The van der Waals surface area contributed by atoms with E-state index in [9.17, 15) is 4.39 Å². The molecule has 1 aliphatic rings. The Morgan fingerprint density at radius 3 is 3.00 bits per heavy atom. The molecule has 0 aliphatic carbocycles. The molecule has 1 saturated heterocycles. The average molecular weight is 262 g/mol. The van der Waals surface area contributed by atoms with Gasteiger partial charge in [-0.1, -0.05) is 0 Å². The number of ether oxygens (including phenoxy) is 1. The van der Waals surface area contributed by atoms with Crippen LogP contribution < -0.4 is 5.32 Å². The monoisotopic (exact) mass is 262 g/mol. The molecule has 0 saturated carbocycles. The highest BCUT2D eigenvalue weighted by Gasteiger charge is 2.20. The Hall–Kier alpha value is -1.79. The van der Waals surface area contributed by atoms with Crippen LogP contribution in [0.15, 0.2) is 18.3 Å². The van der Waals surface area contributed by atoms with Crippen LogP contribution in [0.25, 0.3) is 11.4 Å². The number of hydrogen-bond donors (Lipinski definition) is 2. The number of hydrogen-bond acceptors (Lipinski definition) is 4. The third-order valence-electron chi connectivity index (χ3n) is 3.12. The molecule has 3 rings (SSSR count). The van der Waals surface area contributed by atoms with Crippen molar-refractivity contribution in [3.05, 3.63) is 35.7 Å². The van der Waals surface area contributed by atoms with Gasteiger partial charge in [0.2, 0.25) is 0 Å². The smallest absolute Gasteiger partial charge is 0.141 e. The molecule has 0 spiro atoms. The van der Waals surface area contributed by atoms with E-state index in [4.69, 9.17) is 4.74 Å². The van der Waals surface area contributed by atoms with Gasteiger partial charge < -0.3 is 15.0 Å². The maximum absolute atomic E-state index is 12.9. The summed E-state index contributed by atoms with van der Waals surface area (Å²) >= 11 is 0. The maximum atomic E-state index is 12.9. The Bertz CT molecular complexity index is 561. The van der Waals surface area contributed by atoms with Gasteiger partial charge in [0.05, 0.1) is 31.1 Å². The minimum atomic E-state index is -0.348. The SMILES string of the molecule is Cc1[nH]c(C2COCCN2)nc1-c1ccc(F)cn1. The molecular formula is C13H15FN4O. The summed E-state index contributed by atoms with van der Waals surface area (Å²) in [4.78, 5) is 11.8. The Morgan fingerprint density at radius 2 is 2.32 bits per heavy atom. The van der Waals surface area contributed by atoms with E-state index in [2.05, 4.69) is 20.3 Å². The van der Waals surface area contributed by atoms with Crippen molar-refractivity contribution in [2.75, 3.05) is 19.8 Å². The van der Waals surface area contributed by atoms with Gasteiger partial charge in [0, 0.05) is 12.2 Å². The van der Waals surface area contributed by atoms with Gasteiger partial charge in [0.1, 0.15) is 17.3 Å². The van der Waals surface area contributed by atoms with Crippen molar-refractivity contribution in [1.82, 2.24) is 20.3 Å². The highest BCUT2D eigenvalue weighted by Crippen LogP contribution is 2.22. The fourth-order valence-electron chi connectivity index (χ4n) is 2.15. The number of aromatic nitrogens is 3. The lowest BCUT2D eigenvalue weighted by Gasteiger charge is -2.21. The van der Waals surface area contributed by atoms with Crippen LogP contribution in [0, 0.1) is 12.7 Å². The largest absolute Gasteiger partial charge is 0.378 e. The number of rotatable bonds is 2. The Labute approximate surface area is 110 Å². The topological polar surface area (TPSA) is 62.8 Å². The van der Waals surface area contributed by atoms with Crippen molar-refractivity contribution in [3.8, 4) is 11.4 Å². The summed E-state index contributed by atoms with van der Waals surface area (Å²) in [6.45, 7) is 4.07. The summed E-state index contributed by atoms with van der Waals surface area (Å²) in [5.41, 5.74) is 2.34. The van der Waals surface area contributed by atoms with E-state index in [1.807, 2.05) is 6.92 Å². The quantitative estimate of drug-likeness (QED) is 0.862. The van der Waals surface area contributed by atoms with Crippen LogP contribution in [0.2, 0.25) is 0 Å². The van der Waals surface area contributed by atoms with Gasteiger partial charge in [-0.25, -0.2) is 9.37 Å². The maximum Gasteiger partial charge on any atom is 0.141 e. The molecule has 0 radical (unpaired) electrons. The van der Waals surface area contributed by atoms with E-state index in [1.165, 1.54) is 12.3 Å². The number of morpholine rings is 1. The molecule has 3 heterocycles. The zero-order valence-electron chi connectivity index (χ0n) is 10.6. The van der Waals surface area contributed by atoms with Crippen LogP contribution in [0.4, 0.5) is 4.39 Å². The fourth-order valence-corrected chi connectivity index (χ4v) is 2.15. The van der Waals surface area contributed by atoms with E-state index in [0.29, 0.717) is 12.3 Å². The number of nitrogens with zero attached hydrogens (tertiary/aromatic N) is 2. The summed E-state index contributed by atoms with van der Waals surface area (Å²) in [5, 5.41) is 3.34. The summed E-state index contributed by atoms with van der Waals surface area (Å²) in [5.74, 6) is 0.484. The second-order valence-electron chi connectivity index (χ2n) is 4.54. The molecule has 1 aliphatic heterocycles. The number of halogens is 1. The first-order valence-electron chi connectivity index (χ1n) is 6.23. The lowest BCUT2D eigenvalue weighted by atomic mass is 10.2. The van der Waals surface area contributed by atoms with Gasteiger partial charge in [-0.15, -0.1) is 0 Å². The normalized spacial score (nSPS) is 19.6. The lowest BCUT2D eigenvalue weighted by Crippen LogP contribution is -2.35. The molecule has 0 bridgehead atoms. The van der Waals surface area contributed by atoms with E-state index < -0.39 is 0 Å². The van der Waals surface area contributed by atoms with Gasteiger partial charge in [-0.3, -0.25) is 4.98 Å². The number of pyridine rings is 1. The second kappa shape index (κ2) is 5.07. The Morgan fingerprint density at radius 1 is 1.42 bits per heavy atom. The molecule has 1 unspecified atom stereocenters. The second-order valence-corrected chi connectivity index (χ2v) is 4.54. The molecule has 0 aromatic carbocycles. The molecule has 1 atom stereocenters. The predicted molar refractivity (Wildman–Crippen MR) is 68.1 cm³/mol. The number of aryl methyl sites for hydroxylation is 1. The first kappa shape index (κ1) is 12.3. The minimum absolute atomic E-state index is 0.0710. The highest BCUT2D eigenvalue weighted by atomic mass is 19.1. The van der Waals surface area contributed by atoms with Crippen LogP contribution in [0.5, 0.6) is 0 Å². The molecule has 2 aromatic heterocycles. The number of nitrogens with one attached hydrogen (secondary N) is 2. The van der Waals surface area contributed by atoms with Crippen molar-refractivity contribution in [1.29, 1.82) is 0 Å². The first-order valence-corrected chi connectivity index (χ1v) is 6.23. The highest BCUT2D eigenvalue weighted by molar-refractivity contribution is 5.57. The molecule has 5 nitrogen and oxygen atoms in total. The van der Waals surface area contributed by atoms with Crippen LogP contribution in [-0.4, -0.2) is 34.7 Å². The van der Waals surface area contributed by atoms with Crippen LogP contribution in [0.3, 0.4) is 0 Å². The van der Waals surface area contributed by atoms with Crippen molar-refractivity contribution >= 4 is 0 Å². The van der Waals surface area contributed by atoms with Crippen molar-refractivity contribution in [2.24, 2.45) is 0 Å². The van der Waals surface area contributed by atoms with Crippen LogP contribution >= 0.6 is 0 Å². The fraction of sp³-hybridized carbons (Fsp3) is 0.385. The molecular weight excluding hydrogens is 247 g/mol. The molecule has 2 aromatic rings. The van der Waals surface area contributed by atoms with Gasteiger partial charge in [-0.05, 0) is 19.1 Å². The van der Waals surface area contributed by atoms with Gasteiger partial charge in [0.15, 0.2) is 0 Å². The first-order chi connectivity index (χ1) is 9.24.